The molecular formula is C15H12ClF4N. The number of nitrogens with one attached hydrogen (secondary N) is 1. The van der Waals surface area contributed by atoms with E-state index in [1.54, 1.807) is 12.1 Å². The summed E-state index contributed by atoms with van der Waals surface area (Å²) in [5.41, 5.74) is 0.740. The topological polar surface area (TPSA) is 12.0 Å². The van der Waals surface area contributed by atoms with Crippen LogP contribution in [0.15, 0.2) is 36.4 Å². The Labute approximate surface area is 124 Å². The van der Waals surface area contributed by atoms with E-state index in [9.17, 15) is 17.6 Å². The molecule has 112 valence electrons. The van der Waals surface area contributed by atoms with Crippen molar-refractivity contribution in [1.82, 2.24) is 0 Å². The lowest BCUT2D eigenvalue weighted by Crippen LogP contribution is -2.08. The van der Waals surface area contributed by atoms with Crippen molar-refractivity contribution >= 4 is 17.3 Å². The highest BCUT2D eigenvalue weighted by atomic mass is 35.5. The van der Waals surface area contributed by atoms with Crippen LogP contribution < -0.4 is 5.32 Å². The zero-order chi connectivity index (χ0) is 15.6. The number of rotatable bonds is 3. The molecule has 6 heteroatoms. The molecule has 21 heavy (non-hydrogen) atoms. The minimum atomic E-state index is -4.57. The van der Waals surface area contributed by atoms with Gasteiger partial charge in [0.1, 0.15) is 5.82 Å². The number of hydrogen-bond acceptors (Lipinski definition) is 1. The lowest BCUT2D eigenvalue weighted by molar-refractivity contribution is -0.137. The summed E-state index contributed by atoms with van der Waals surface area (Å²) in [6.07, 6.45) is -4.57. The zero-order valence-corrected chi connectivity index (χ0v) is 11.8. The third kappa shape index (κ3) is 4.11. The molecule has 0 spiro atoms. The molecule has 0 unspecified atom stereocenters. The van der Waals surface area contributed by atoms with Gasteiger partial charge in [-0.25, -0.2) is 4.39 Å². The zero-order valence-electron chi connectivity index (χ0n) is 11.1. The highest BCUT2D eigenvalue weighted by Crippen LogP contribution is 2.31. The van der Waals surface area contributed by atoms with Crippen LogP contribution in [0.25, 0.3) is 0 Å². The van der Waals surface area contributed by atoms with E-state index in [2.05, 4.69) is 5.32 Å². The van der Waals surface area contributed by atoms with Crippen LogP contribution in [0.3, 0.4) is 0 Å². The smallest absolute Gasteiger partial charge is 0.380 e. The van der Waals surface area contributed by atoms with E-state index in [0.29, 0.717) is 16.8 Å². The van der Waals surface area contributed by atoms with E-state index in [-0.39, 0.29) is 12.1 Å². The summed E-state index contributed by atoms with van der Waals surface area (Å²) in [6, 6.07) is 7.73. The molecule has 0 saturated carbocycles. The van der Waals surface area contributed by atoms with E-state index in [1.807, 2.05) is 13.0 Å². The third-order valence-corrected chi connectivity index (χ3v) is 3.21. The summed E-state index contributed by atoms with van der Waals surface area (Å²) < 4.78 is 51.1. The van der Waals surface area contributed by atoms with Crippen molar-refractivity contribution in [2.24, 2.45) is 0 Å². The minimum absolute atomic E-state index is 0.0453. The Kier molecular flexibility index (Phi) is 4.42. The van der Waals surface area contributed by atoms with Crippen LogP contribution in [-0.2, 0) is 12.7 Å². The van der Waals surface area contributed by atoms with Gasteiger partial charge in [-0.3, -0.25) is 0 Å². The van der Waals surface area contributed by atoms with Gasteiger partial charge in [0.2, 0.25) is 0 Å². The Hall–Kier alpha value is -1.75. The number of benzene rings is 2. The van der Waals surface area contributed by atoms with Crippen LogP contribution in [-0.4, -0.2) is 0 Å². The molecule has 0 radical (unpaired) electrons. The summed E-state index contributed by atoms with van der Waals surface area (Å²) in [6.45, 7) is 1.92. The van der Waals surface area contributed by atoms with Gasteiger partial charge in [0.25, 0.3) is 0 Å². The number of aryl methyl sites for hydroxylation is 1. The van der Waals surface area contributed by atoms with E-state index in [1.165, 1.54) is 0 Å². The first-order valence-corrected chi connectivity index (χ1v) is 6.50. The highest BCUT2D eigenvalue weighted by molar-refractivity contribution is 6.33. The van der Waals surface area contributed by atoms with Crippen molar-refractivity contribution < 1.29 is 17.6 Å². The summed E-state index contributed by atoms with van der Waals surface area (Å²) >= 11 is 6.01. The highest BCUT2D eigenvalue weighted by Gasteiger charge is 2.31. The molecule has 0 bridgehead atoms. The van der Waals surface area contributed by atoms with Crippen LogP contribution in [0.4, 0.5) is 23.2 Å². The minimum Gasteiger partial charge on any atom is -0.380 e. The molecule has 2 aromatic carbocycles. The maximum atomic E-state index is 13.3. The Balaban J connectivity index is 2.18. The van der Waals surface area contributed by atoms with Crippen molar-refractivity contribution in [3.8, 4) is 0 Å². The standard InChI is InChI=1S/C15H12ClF4N/c1-9-2-3-14(13(16)4-9)21-8-10-5-11(15(18,19)20)7-12(17)6-10/h2-7,21H,8H2,1H3. The molecule has 2 rings (SSSR count). The number of alkyl halides is 3. The first kappa shape index (κ1) is 15.6. The van der Waals surface area contributed by atoms with Gasteiger partial charge >= 0.3 is 6.18 Å². The Morgan fingerprint density at radius 3 is 2.43 bits per heavy atom. The second kappa shape index (κ2) is 5.93. The van der Waals surface area contributed by atoms with Crippen LogP contribution >= 0.6 is 11.6 Å². The van der Waals surface area contributed by atoms with E-state index >= 15 is 0 Å². The maximum Gasteiger partial charge on any atom is 0.416 e. The second-order valence-corrected chi connectivity index (χ2v) is 5.09. The molecule has 0 saturated heterocycles. The van der Waals surface area contributed by atoms with Gasteiger partial charge in [0, 0.05) is 6.54 Å². The van der Waals surface area contributed by atoms with Crippen LogP contribution in [0.2, 0.25) is 5.02 Å². The van der Waals surface area contributed by atoms with Crippen LogP contribution in [0, 0.1) is 12.7 Å². The van der Waals surface area contributed by atoms with Crippen molar-refractivity contribution in [3.05, 3.63) is 63.9 Å². The lowest BCUT2D eigenvalue weighted by Gasteiger charge is -2.12. The van der Waals surface area contributed by atoms with Gasteiger partial charge in [-0.1, -0.05) is 17.7 Å². The molecule has 0 heterocycles. The van der Waals surface area contributed by atoms with Crippen LogP contribution in [0.5, 0.6) is 0 Å². The molecule has 0 amide bonds. The lowest BCUT2D eigenvalue weighted by atomic mass is 10.1. The first-order valence-electron chi connectivity index (χ1n) is 6.12. The average Bonchev–Trinajstić information content (AvgIpc) is 2.36. The van der Waals surface area contributed by atoms with Crippen LogP contribution in [0.1, 0.15) is 16.7 Å². The Bertz CT molecular complexity index is 653. The van der Waals surface area contributed by atoms with Gasteiger partial charge < -0.3 is 5.32 Å². The molecule has 0 aromatic heterocycles. The van der Waals surface area contributed by atoms with Crippen molar-refractivity contribution in [2.45, 2.75) is 19.6 Å². The van der Waals surface area contributed by atoms with Gasteiger partial charge in [-0.2, -0.15) is 13.2 Å². The summed E-state index contributed by atoms with van der Waals surface area (Å²) in [5.74, 6) is -0.920. The van der Waals surface area contributed by atoms with E-state index < -0.39 is 17.6 Å². The van der Waals surface area contributed by atoms with Gasteiger partial charge in [-0.15, -0.1) is 0 Å². The molecule has 0 atom stereocenters. The number of halogens is 5. The SMILES string of the molecule is Cc1ccc(NCc2cc(F)cc(C(F)(F)F)c2)c(Cl)c1. The second-order valence-electron chi connectivity index (χ2n) is 4.68. The Morgan fingerprint density at radius 1 is 1.10 bits per heavy atom. The van der Waals surface area contributed by atoms with E-state index in [4.69, 9.17) is 11.6 Å². The monoisotopic (exact) mass is 317 g/mol. The molecule has 2 aromatic rings. The van der Waals surface area contributed by atoms with Crippen molar-refractivity contribution in [1.29, 1.82) is 0 Å². The first-order chi connectivity index (χ1) is 9.75. The largest absolute Gasteiger partial charge is 0.416 e. The molecular weight excluding hydrogens is 306 g/mol. The average molecular weight is 318 g/mol. The number of anilines is 1. The summed E-state index contributed by atoms with van der Waals surface area (Å²) in [7, 11) is 0. The Morgan fingerprint density at radius 2 is 1.81 bits per heavy atom. The molecule has 1 nitrogen and oxygen atoms in total. The van der Waals surface area contributed by atoms with Crippen molar-refractivity contribution in [3.63, 3.8) is 0 Å². The quantitative estimate of drug-likeness (QED) is 0.745. The fourth-order valence-corrected chi connectivity index (χ4v) is 2.18. The predicted molar refractivity (Wildman–Crippen MR) is 74.9 cm³/mol. The number of hydrogen-bond donors (Lipinski definition) is 1. The molecule has 1 N–H and O–H groups in total. The fourth-order valence-electron chi connectivity index (χ4n) is 1.88. The maximum absolute atomic E-state index is 13.3. The van der Waals surface area contributed by atoms with Crippen molar-refractivity contribution in [2.75, 3.05) is 5.32 Å². The fraction of sp³-hybridized carbons (Fsp3) is 0.200. The normalized spacial score (nSPS) is 11.5. The predicted octanol–water partition coefficient (Wildman–Crippen LogP) is 5.42. The third-order valence-electron chi connectivity index (χ3n) is 2.89. The van der Waals surface area contributed by atoms with Gasteiger partial charge in [0.15, 0.2) is 0 Å². The van der Waals surface area contributed by atoms with Gasteiger partial charge in [0.05, 0.1) is 16.3 Å². The molecule has 0 fully saturated rings. The van der Waals surface area contributed by atoms with E-state index in [0.717, 1.165) is 17.7 Å². The molecule has 0 aliphatic heterocycles. The van der Waals surface area contributed by atoms with Gasteiger partial charge in [-0.05, 0) is 48.4 Å². The summed E-state index contributed by atoms with van der Waals surface area (Å²) in [5, 5.41) is 3.36. The summed E-state index contributed by atoms with van der Waals surface area (Å²) in [4.78, 5) is 0. The molecule has 0 aliphatic carbocycles. The molecule has 0 aliphatic rings.